The number of fused-ring (bicyclic) bond motifs is 1. The summed E-state index contributed by atoms with van der Waals surface area (Å²) in [6.07, 6.45) is 0. The van der Waals surface area contributed by atoms with Crippen molar-refractivity contribution in [2.75, 3.05) is 0 Å². The van der Waals surface area contributed by atoms with Crippen molar-refractivity contribution in [3.8, 4) is 0 Å². The molecule has 3 rings (SSSR count). The van der Waals surface area contributed by atoms with E-state index in [0.717, 1.165) is 5.56 Å². The molecule has 0 aliphatic rings. The summed E-state index contributed by atoms with van der Waals surface area (Å²) in [5, 5.41) is -0.430. The van der Waals surface area contributed by atoms with Crippen molar-refractivity contribution in [3.63, 3.8) is 0 Å². The maximum absolute atomic E-state index is 11.1. The Morgan fingerprint density at radius 1 is 1.22 bits per heavy atom. The van der Waals surface area contributed by atoms with E-state index in [-0.39, 0.29) is 0 Å². The minimum Gasteiger partial charge on any atom is -0.452 e. The number of oxazole rings is 1. The van der Waals surface area contributed by atoms with Crippen LogP contribution in [0.3, 0.4) is 0 Å². The summed E-state index contributed by atoms with van der Waals surface area (Å²) in [5.74, 6) is 0.148. The molecule has 0 aliphatic carbocycles. The molecule has 0 bridgehead atoms. The molecule has 1 N–H and O–H groups in total. The zero-order chi connectivity index (χ0) is 12.7. The van der Waals surface area contributed by atoms with Crippen molar-refractivity contribution in [2.24, 2.45) is 0 Å². The Balaban J connectivity index is 2.05. The average Bonchev–Trinajstić information content (AvgIpc) is 2.92. The zero-order valence-corrected chi connectivity index (χ0v) is 11.3. The molecule has 18 heavy (non-hydrogen) atoms. The normalized spacial score (nSPS) is 13.0. The highest BCUT2D eigenvalue weighted by Crippen LogP contribution is 2.32. The second-order valence-electron chi connectivity index (χ2n) is 3.77. The number of benzene rings is 1. The summed E-state index contributed by atoms with van der Waals surface area (Å²) < 4.78 is 11.0. The highest BCUT2D eigenvalue weighted by Gasteiger charge is 2.16. The molecule has 4 nitrogen and oxygen atoms in total. The first-order valence-electron chi connectivity index (χ1n) is 5.15. The fourth-order valence-electron chi connectivity index (χ4n) is 1.75. The molecule has 0 radical (unpaired) electrons. The summed E-state index contributed by atoms with van der Waals surface area (Å²) in [6.45, 7) is 0. The minimum absolute atomic E-state index is 0.430. The summed E-state index contributed by atoms with van der Waals surface area (Å²) in [6, 6.07) is 8.87. The number of H-pyrrole nitrogens is 1. The van der Waals surface area contributed by atoms with Crippen molar-refractivity contribution < 1.29 is 8.83 Å². The molecule has 1 aromatic carbocycles. The number of aromatic nitrogens is 1. The van der Waals surface area contributed by atoms with Crippen molar-refractivity contribution in [1.82, 2.24) is 4.98 Å². The number of halogens is 2. The van der Waals surface area contributed by atoms with Crippen molar-refractivity contribution in [2.45, 2.75) is 5.38 Å². The molecular formula is C12H7BrClNO3. The molecule has 3 aromatic rings. The lowest BCUT2D eigenvalue weighted by Gasteiger charge is -2.06. The molecule has 0 amide bonds. The molecular weight excluding hydrogens is 321 g/mol. The molecule has 0 fully saturated rings. The van der Waals surface area contributed by atoms with Gasteiger partial charge in [0.15, 0.2) is 10.3 Å². The van der Waals surface area contributed by atoms with E-state index in [9.17, 15) is 4.79 Å². The summed E-state index contributed by atoms with van der Waals surface area (Å²) in [5.41, 5.74) is 1.93. The van der Waals surface area contributed by atoms with Gasteiger partial charge in [-0.1, -0.05) is 6.07 Å². The number of rotatable bonds is 2. The lowest BCUT2D eigenvalue weighted by Crippen LogP contribution is -1.92. The van der Waals surface area contributed by atoms with Crippen LogP contribution in [-0.2, 0) is 0 Å². The van der Waals surface area contributed by atoms with Crippen LogP contribution in [0.4, 0.5) is 0 Å². The average molecular weight is 329 g/mol. The van der Waals surface area contributed by atoms with Crippen LogP contribution in [0.1, 0.15) is 16.7 Å². The monoisotopic (exact) mass is 327 g/mol. The van der Waals surface area contributed by atoms with E-state index in [1.165, 1.54) is 0 Å². The maximum Gasteiger partial charge on any atom is 0.417 e. The second kappa shape index (κ2) is 4.33. The van der Waals surface area contributed by atoms with Crippen LogP contribution >= 0.6 is 27.5 Å². The number of hydrogen-bond donors (Lipinski definition) is 1. The number of nitrogens with one attached hydrogen (secondary N) is 1. The third-order valence-corrected chi connectivity index (χ3v) is 3.47. The van der Waals surface area contributed by atoms with Gasteiger partial charge in [-0.25, -0.2) is 4.79 Å². The topological polar surface area (TPSA) is 59.1 Å². The molecule has 1 unspecified atom stereocenters. The van der Waals surface area contributed by atoms with E-state index >= 15 is 0 Å². The van der Waals surface area contributed by atoms with E-state index in [1.54, 1.807) is 24.3 Å². The number of alkyl halides is 1. The molecule has 2 heterocycles. The summed E-state index contributed by atoms with van der Waals surface area (Å²) >= 11 is 9.53. The van der Waals surface area contributed by atoms with Gasteiger partial charge in [-0.2, -0.15) is 0 Å². The number of furan rings is 1. The Bertz CT molecular complexity index is 758. The zero-order valence-electron chi connectivity index (χ0n) is 8.94. The molecule has 92 valence electrons. The third-order valence-electron chi connectivity index (χ3n) is 2.58. The smallest absolute Gasteiger partial charge is 0.417 e. The predicted molar refractivity (Wildman–Crippen MR) is 70.9 cm³/mol. The van der Waals surface area contributed by atoms with Gasteiger partial charge >= 0.3 is 5.76 Å². The molecule has 6 heteroatoms. The number of aromatic amines is 1. The lowest BCUT2D eigenvalue weighted by atomic mass is 10.1. The highest BCUT2D eigenvalue weighted by atomic mass is 79.9. The van der Waals surface area contributed by atoms with E-state index in [4.69, 9.17) is 20.4 Å². The SMILES string of the molecule is O=c1[nH]c2ccc(C(Cl)c3ccc(Br)o3)cc2o1. The van der Waals surface area contributed by atoms with Crippen molar-refractivity contribution in [3.05, 3.63) is 56.9 Å². The van der Waals surface area contributed by atoms with Crippen LogP contribution in [0, 0.1) is 0 Å². The van der Waals surface area contributed by atoms with E-state index < -0.39 is 11.1 Å². The highest BCUT2D eigenvalue weighted by molar-refractivity contribution is 9.10. The van der Waals surface area contributed by atoms with Crippen LogP contribution in [-0.4, -0.2) is 4.98 Å². The molecule has 1 atom stereocenters. The predicted octanol–water partition coefficient (Wildman–Crippen LogP) is 3.80. The van der Waals surface area contributed by atoms with Gasteiger partial charge in [-0.15, -0.1) is 11.6 Å². The van der Waals surface area contributed by atoms with E-state index in [1.807, 2.05) is 6.07 Å². The van der Waals surface area contributed by atoms with Gasteiger partial charge < -0.3 is 8.83 Å². The number of hydrogen-bond acceptors (Lipinski definition) is 3. The van der Waals surface area contributed by atoms with Gasteiger partial charge in [0, 0.05) is 0 Å². The largest absolute Gasteiger partial charge is 0.452 e. The standard InChI is InChI=1S/C12H7BrClNO3/c13-10-4-3-8(17-10)11(14)6-1-2-7-9(5-6)18-12(16)15-7/h1-5,11H,(H,15,16). The first-order chi connectivity index (χ1) is 8.63. The van der Waals surface area contributed by atoms with E-state index in [0.29, 0.717) is 21.5 Å². The van der Waals surface area contributed by atoms with Crippen LogP contribution in [0.5, 0.6) is 0 Å². The quantitative estimate of drug-likeness (QED) is 0.728. The fraction of sp³-hybridized carbons (Fsp3) is 0.0833. The van der Waals surface area contributed by atoms with Crippen LogP contribution in [0.15, 0.2) is 48.6 Å². The fourth-order valence-corrected chi connectivity index (χ4v) is 2.32. The Kier molecular flexibility index (Phi) is 2.80. The van der Waals surface area contributed by atoms with Gasteiger partial charge in [0.1, 0.15) is 11.1 Å². The molecule has 0 saturated heterocycles. The molecule has 0 spiro atoms. The van der Waals surface area contributed by atoms with Crippen LogP contribution in [0.25, 0.3) is 11.1 Å². The first kappa shape index (κ1) is 11.6. The molecule has 0 saturated carbocycles. The van der Waals surface area contributed by atoms with Gasteiger partial charge in [0.05, 0.1) is 5.52 Å². The molecule has 2 aromatic heterocycles. The second-order valence-corrected chi connectivity index (χ2v) is 4.99. The van der Waals surface area contributed by atoms with Gasteiger partial charge in [0.2, 0.25) is 0 Å². The third kappa shape index (κ3) is 2.00. The Morgan fingerprint density at radius 2 is 2.06 bits per heavy atom. The van der Waals surface area contributed by atoms with Gasteiger partial charge in [-0.3, -0.25) is 4.98 Å². The van der Waals surface area contributed by atoms with Crippen molar-refractivity contribution >= 4 is 38.6 Å². The Morgan fingerprint density at radius 3 is 2.78 bits per heavy atom. The summed E-state index contributed by atoms with van der Waals surface area (Å²) in [7, 11) is 0. The van der Waals surface area contributed by atoms with Crippen LogP contribution < -0.4 is 5.76 Å². The van der Waals surface area contributed by atoms with Gasteiger partial charge in [-0.05, 0) is 45.8 Å². The van der Waals surface area contributed by atoms with Gasteiger partial charge in [0.25, 0.3) is 0 Å². The van der Waals surface area contributed by atoms with Crippen LogP contribution in [0.2, 0.25) is 0 Å². The molecule has 0 aliphatic heterocycles. The lowest BCUT2D eigenvalue weighted by molar-refractivity contribution is 0.494. The maximum atomic E-state index is 11.1. The van der Waals surface area contributed by atoms with E-state index in [2.05, 4.69) is 20.9 Å². The Hall–Kier alpha value is -1.46. The minimum atomic E-state index is -0.478. The first-order valence-corrected chi connectivity index (χ1v) is 6.38. The Labute approximate surface area is 115 Å². The summed E-state index contributed by atoms with van der Waals surface area (Å²) in [4.78, 5) is 13.6. The van der Waals surface area contributed by atoms with Crippen molar-refractivity contribution in [1.29, 1.82) is 0 Å².